The van der Waals surface area contributed by atoms with Gasteiger partial charge in [-0.05, 0) is 48.9 Å². The number of carbonyl (C=O) groups is 2. The predicted octanol–water partition coefficient (Wildman–Crippen LogP) is 5.22. The Bertz CT molecular complexity index is 867. The molecule has 2 amide bonds. The number of nitrogens with zero attached hydrogens (tertiary/aromatic N) is 2. The molecule has 3 rings (SSSR count). The molecule has 1 aromatic carbocycles. The molecule has 7 heteroatoms. The third-order valence-corrected chi connectivity index (χ3v) is 6.12. The molecule has 0 saturated heterocycles. The molecule has 1 heterocycles. The van der Waals surface area contributed by atoms with E-state index in [9.17, 15) is 9.59 Å². The van der Waals surface area contributed by atoms with Gasteiger partial charge in [0, 0.05) is 28.6 Å². The molecular weight excluding hydrogens is 406 g/mol. The number of halogens is 1. The lowest BCUT2D eigenvalue weighted by molar-refractivity contribution is -0.134. The molecule has 0 radical (unpaired) electrons. The first kappa shape index (κ1) is 21.8. The van der Waals surface area contributed by atoms with Crippen molar-refractivity contribution in [3.63, 3.8) is 0 Å². The van der Waals surface area contributed by atoms with Crippen LogP contribution in [0.5, 0.6) is 0 Å². The largest absolute Gasteiger partial charge is 0.342 e. The molecule has 0 spiro atoms. The van der Waals surface area contributed by atoms with Gasteiger partial charge in [-0.2, -0.15) is 0 Å². The second-order valence-electron chi connectivity index (χ2n) is 8.41. The summed E-state index contributed by atoms with van der Waals surface area (Å²) in [6.45, 7) is 10.0. The molecule has 1 aromatic heterocycles. The number of fused-ring (bicyclic) bond motifs is 1. The van der Waals surface area contributed by atoms with E-state index < -0.39 is 0 Å². The highest BCUT2D eigenvalue weighted by atomic mass is 35.5. The Hall–Kier alpha value is -1.92. The van der Waals surface area contributed by atoms with Crippen LogP contribution in [0.4, 0.5) is 5.13 Å². The molecule has 0 aliphatic heterocycles. The van der Waals surface area contributed by atoms with Crippen LogP contribution < -0.4 is 5.32 Å². The van der Waals surface area contributed by atoms with Crippen LogP contribution in [0.2, 0.25) is 5.02 Å². The number of amides is 2. The Morgan fingerprint density at radius 3 is 2.38 bits per heavy atom. The molecule has 1 N–H and O–H groups in total. The lowest BCUT2D eigenvalue weighted by atomic mass is 10.0. The fourth-order valence-electron chi connectivity index (χ4n) is 3.65. The van der Waals surface area contributed by atoms with E-state index in [0.29, 0.717) is 27.6 Å². The van der Waals surface area contributed by atoms with Crippen LogP contribution in [0, 0.1) is 11.8 Å². The second kappa shape index (κ2) is 9.26. The number of benzene rings is 1. The van der Waals surface area contributed by atoms with Crippen molar-refractivity contribution in [3.05, 3.63) is 45.4 Å². The maximum absolute atomic E-state index is 13.3. The summed E-state index contributed by atoms with van der Waals surface area (Å²) in [6.07, 6.45) is 1.63. The number of anilines is 1. The first-order valence-electron chi connectivity index (χ1n) is 10.1. The first-order chi connectivity index (χ1) is 13.7. The molecule has 29 heavy (non-hydrogen) atoms. The van der Waals surface area contributed by atoms with E-state index in [4.69, 9.17) is 11.6 Å². The fraction of sp³-hybridized carbons (Fsp3) is 0.500. The fourth-order valence-corrected chi connectivity index (χ4v) is 4.81. The number of rotatable bonds is 7. The maximum atomic E-state index is 13.3. The number of carbonyl (C=O) groups excluding carboxylic acids is 2. The minimum Gasteiger partial charge on any atom is -0.342 e. The van der Waals surface area contributed by atoms with Gasteiger partial charge < -0.3 is 4.90 Å². The molecule has 1 aliphatic carbocycles. The van der Waals surface area contributed by atoms with Gasteiger partial charge in [0.25, 0.3) is 5.91 Å². The molecule has 0 bridgehead atoms. The van der Waals surface area contributed by atoms with Crippen molar-refractivity contribution in [1.82, 2.24) is 9.88 Å². The zero-order valence-electron chi connectivity index (χ0n) is 17.4. The zero-order valence-corrected chi connectivity index (χ0v) is 18.9. The lowest BCUT2D eigenvalue weighted by Crippen LogP contribution is -2.39. The summed E-state index contributed by atoms with van der Waals surface area (Å²) in [5, 5.41) is 4.00. The zero-order chi connectivity index (χ0) is 21.1. The number of hydrogen-bond acceptors (Lipinski definition) is 4. The van der Waals surface area contributed by atoms with Crippen LogP contribution in [-0.4, -0.2) is 34.8 Å². The molecule has 1 aliphatic rings. The minimum atomic E-state index is -0.224. The van der Waals surface area contributed by atoms with E-state index in [0.717, 1.165) is 36.5 Å². The quantitative estimate of drug-likeness (QED) is 0.651. The van der Waals surface area contributed by atoms with E-state index in [1.807, 2.05) is 4.90 Å². The number of aromatic nitrogens is 1. The van der Waals surface area contributed by atoms with Crippen LogP contribution in [0.15, 0.2) is 24.3 Å². The van der Waals surface area contributed by atoms with Crippen molar-refractivity contribution >= 4 is 39.9 Å². The third-order valence-electron chi connectivity index (χ3n) is 4.83. The summed E-state index contributed by atoms with van der Waals surface area (Å²) in [6, 6.07) is 6.73. The van der Waals surface area contributed by atoms with E-state index in [-0.39, 0.29) is 17.7 Å². The Kier molecular flexibility index (Phi) is 6.96. The molecule has 1 unspecified atom stereocenters. The van der Waals surface area contributed by atoms with Crippen molar-refractivity contribution in [3.8, 4) is 0 Å². The highest BCUT2D eigenvalue weighted by Crippen LogP contribution is 2.39. The summed E-state index contributed by atoms with van der Waals surface area (Å²) in [5.41, 5.74) is 1.36. The van der Waals surface area contributed by atoms with Crippen LogP contribution in [0.1, 0.15) is 61.0 Å². The Morgan fingerprint density at radius 1 is 1.17 bits per heavy atom. The van der Waals surface area contributed by atoms with Crippen molar-refractivity contribution in [2.75, 3.05) is 18.4 Å². The predicted molar refractivity (Wildman–Crippen MR) is 119 cm³/mol. The maximum Gasteiger partial charge on any atom is 0.257 e. The molecule has 156 valence electrons. The van der Waals surface area contributed by atoms with E-state index in [2.05, 4.69) is 38.0 Å². The lowest BCUT2D eigenvalue weighted by Gasteiger charge is -2.28. The second-order valence-corrected chi connectivity index (χ2v) is 9.93. The highest BCUT2D eigenvalue weighted by molar-refractivity contribution is 7.16. The Morgan fingerprint density at radius 2 is 1.79 bits per heavy atom. The Labute approximate surface area is 181 Å². The topological polar surface area (TPSA) is 62.3 Å². The summed E-state index contributed by atoms with van der Waals surface area (Å²) in [5.74, 6) is 0.566. The monoisotopic (exact) mass is 433 g/mol. The van der Waals surface area contributed by atoms with Crippen molar-refractivity contribution in [2.45, 2.75) is 46.5 Å². The van der Waals surface area contributed by atoms with Gasteiger partial charge >= 0.3 is 0 Å². The minimum absolute atomic E-state index is 0.159. The number of hydrogen-bond donors (Lipinski definition) is 1. The van der Waals surface area contributed by atoms with Crippen molar-refractivity contribution in [1.29, 1.82) is 0 Å². The summed E-state index contributed by atoms with van der Waals surface area (Å²) < 4.78 is 0. The number of aryl methyl sites for hydroxylation is 1. The van der Waals surface area contributed by atoms with Gasteiger partial charge in [-0.3, -0.25) is 14.9 Å². The summed E-state index contributed by atoms with van der Waals surface area (Å²) in [4.78, 5) is 33.4. The number of nitrogens with one attached hydrogen (secondary N) is 1. The third kappa shape index (κ3) is 5.37. The SMILES string of the molecule is CC(C)CN(CC(C)C)C(=O)C1CCc2sc(NC(=O)c3ccc(Cl)cc3)nc21. The van der Waals surface area contributed by atoms with Gasteiger partial charge in [0.15, 0.2) is 5.13 Å². The Balaban J connectivity index is 1.74. The number of thiazole rings is 1. The van der Waals surface area contributed by atoms with Gasteiger partial charge in [-0.15, -0.1) is 11.3 Å². The van der Waals surface area contributed by atoms with Gasteiger partial charge in [0.2, 0.25) is 5.91 Å². The average molecular weight is 434 g/mol. The van der Waals surface area contributed by atoms with E-state index in [1.165, 1.54) is 11.3 Å². The van der Waals surface area contributed by atoms with Crippen LogP contribution in [0.3, 0.4) is 0 Å². The molecule has 0 fully saturated rings. The normalized spacial score (nSPS) is 15.6. The summed E-state index contributed by atoms with van der Waals surface area (Å²) >= 11 is 7.35. The van der Waals surface area contributed by atoms with Gasteiger partial charge in [-0.25, -0.2) is 4.98 Å². The van der Waals surface area contributed by atoms with Gasteiger partial charge in [0.05, 0.1) is 11.6 Å². The van der Waals surface area contributed by atoms with Crippen molar-refractivity contribution < 1.29 is 9.59 Å². The standard InChI is InChI=1S/C22H28ClN3O2S/c1-13(2)11-26(12-14(3)4)21(28)17-9-10-18-19(17)24-22(29-18)25-20(27)15-5-7-16(23)8-6-15/h5-8,13-14,17H,9-12H2,1-4H3,(H,24,25,27). The highest BCUT2D eigenvalue weighted by Gasteiger charge is 2.35. The average Bonchev–Trinajstić information content (AvgIpc) is 3.20. The van der Waals surface area contributed by atoms with Crippen LogP contribution >= 0.6 is 22.9 Å². The van der Waals surface area contributed by atoms with E-state index in [1.54, 1.807) is 24.3 Å². The smallest absolute Gasteiger partial charge is 0.257 e. The molecular formula is C22H28ClN3O2S. The molecule has 2 aromatic rings. The summed E-state index contributed by atoms with van der Waals surface area (Å²) in [7, 11) is 0. The molecule has 1 atom stereocenters. The van der Waals surface area contributed by atoms with E-state index >= 15 is 0 Å². The molecule has 5 nitrogen and oxygen atoms in total. The van der Waals surface area contributed by atoms with Crippen LogP contribution in [-0.2, 0) is 11.2 Å². The van der Waals surface area contributed by atoms with Gasteiger partial charge in [-0.1, -0.05) is 39.3 Å². The van der Waals surface area contributed by atoms with Crippen LogP contribution in [0.25, 0.3) is 0 Å². The van der Waals surface area contributed by atoms with Gasteiger partial charge in [0.1, 0.15) is 0 Å². The first-order valence-corrected chi connectivity index (χ1v) is 11.3. The molecule has 0 saturated carbocycles. The van der Waals surface area contributed by atoms with Crippen molar-refractivity contribution in [2.24, 2.45) is 11.8 Å².